The normalized spacial score (nSPS) is 19.1. The Balaban J connectivity index is 1.50. The Morgan fingerprint density at radius 2 is 1.85 bits per heavy atom. The van der Waals surface area contributed by atoms with Gasteiger partial charge in [-0.15, -0.1) is 0 Å². The quantitative estimate of drug-likeness (QED) is 0.821. The molecule has 2 aliphatic rings. The highest BCUT2D eigenvalue weighted by molar-refractivity contribution is 5.95. The van der Waals surface area contributed by atoms with Gasteiger partial charge in [0.2, 0.25) is 5.91 Å². The van der Waals surface area contributed by atoms with Gasteiger partial charge in [0.25, 0.3) is 5.91 Å². The lowest BCUT2D eigenvalue weighted by Crippen LogP contribution is -2.52. The molecule has 2 saturated heterocycles. The van der Waals surface area contributed by atoms with E-state index in [1.165, 1.54) is 0 Å². The highest BCUT2D eigenvalue weighted by Crippen LogP contribution is 2.38. The molecule has 2 aromatic rings. The van der Waals surface area contributed by atoms with Gasteiger partial charge in [-0.25, -0.2) is 4.68 Å². The first-order valence-electron chi connectivity index (χ1n) is 9.59. The van der Waals surface area contributed by atoms with Gasteiger partial charge >= 0.3 is 0 Å². The summed E-state index contributed by atoms with van der Waals surface area (Å²) < 4.78 is 1.87. The third-order valence-corrected chi connectivity index (χ3v) is 6.22. The molecule has 6 nitrogen and oxygen atoms in total. The number of nitrogens with zero attached hydrogens (tertiary/aromatic N) is 4. The summed E-state index contributed by atoms with van der Waals surface area (Å²) in [4.78, 5) is 28.8. The second-order valence-corrected chi connectivity index (χ2v) is 7.86. The summed E-state index contributed by atoms with van der Waals surface area (Å²) in [5.41, 5.74) is 3.55. The minimum atomic E-state index is -0.0423. The van der Waals surface area contributed by atoms with E-state index in [1.54, 1.807) is 0 Å². The van der Waals surface area contributed by atoms with Crippen LogP contribution < -0.4 is 0 Å². The molecule has 3 heterocycles. The zero-order valence-corrected chi connectivity index (χ0v) is 16.2. The van der Waals surface area contributed by atoms with Crippen LogP contribution in [0.3, 0.4) is 0 Å². The van der Waals surface area contributed by atoms with Gasteiger partial charge in [0.05, 0.1) is 11.4 Å². The molecular formula is C21H26N4O2. The lowest BCUT2D eigenvalue weighted by molar-refractivity contribution is -0.130. The topological polar surface area (TPSA) is 58.4 Å². The minimum Gasteiger partial charge on any atom is -0.340 e. The van der Waals surface area contributed by atoms with E-state index >= 15 is 0 Å². The lowest BCUT2D eigenvalue weighted by atomic mass is 9.85. The molecule has 6 heteroatoms. The van der Waals surface area contributed by atoms with Crippen LogP contribution in [0.5, 0.6) is 0 Å². The summed E-state index contributed by atoms with van der Waals surface area (Å²) in [7, 11) is 1.91. The maximum absolute atomic E-state index is 13.0. The fourth-order valence-corrected chi connectivity index (χ4v) is 4.49. The molecule has 1 spiro atoms. The average molecular weight is 366 g/mol. The van der Waals surface area contributed by atoms with E-state index in [-0.39, 0.29) is 17.4 Å². The molecule has 0 radical (unpaired) electrons. The van der Waals surface area contributed by atoms with E-state index in [2.05, 4.69) is 5.10 Å². The van der Waals surface area contributed by atoms with E-state index in [0.717, 1.165) is 36.3 Å². The monoisotopic (exact) mass is 366 g/mol. The number of carbonyl (C=O) groups excluding carboxylic acids is 2. The third kappa shape index (κ3) is 3.03. The number of carbonyl (C=O) groups is 2. The summed E-state index contributed by atoms with van der Waals surface area (Å²) in [5, 5.41) is 4.51. The third-order valence-electron chi connectivity index (χ3n) is 6.22. The maximum Gasteiger partial charge on any atom is 0.253 e. The fraction of sp³-hybridized carbons (Fsp3) is 0.476. The average Bonchev–Trinajstić information content (AvgIpc) is 3.16. The van der Waals surface area contributed by atoms with Crippen molar-refractivity contribution >= 4 is 11.8 Å². The van der Waals surface area contributed by atoms with Crippen molar-refractivity contribution in [3.8, 4) is 5.69 Å². The summed E-state index contributed by atoms with van der Waals surface area (Å²) >= 11 is 0. The van der Waals surface area contributed by atoms with Crippen molar-refractivity contribution in [2.75, 3.05) is 20.1 Å². The SMILES string of the molecule is Cc1cc(C)n(-c2cccc(C(=O)N3CCC4(CCC(=O)N4C)CC3)c2)n1. The van der Waals surface area contributed by atoms with E-state index in [1.807, 2.05) is 65.7 Å². The lowest BCUT2D eigenvalue weighted by Gasteiger charge is -2.43. The number of rotatable bonds is 2. The second-order valence-electron chi connectivity index (χ2n) is 7.86. The molecular weight excluding hydrogens is 340 g/mol. The number of aromatic nitrogens is 2. The van der Waals surface area contributed by atoms with Crippen molar-refractivity contribution < 1.29 is 9.59 Å². The van der Waals surface area contributed by atoms with Gasteiger partial charge < -0.3 is 9.80 Å². The van der Waals surface area contributed by atoms with Crippen molar-refractivity contribution in [2.45, 2.75) is 45.1 Å². The number of amides is 2. The molecule has 4 rings (SSSR count). The van der Waals surface area contributed by atoms with Crippen molar-refractivity contribution in [3.05, 3.63) is 47.3 Å². The van der Waals surface area contributed by atoms with E-state index in [9.17, 15) is 9.59 Å². The molecule has 0 saturated carbocycles. The van der Waals surface area contributed by atoms with Crippen LogP contribution in [0.15, 0.2) is 30.3 Å². The van der Waals surface area contributed by atoms with Gasteiger partial charge in [-0.2, -0.15) is 5.10 Å². The molecule has 2 fully saturated rings. The van der Waals surface area contributed by atoms with Crippen LogP contribution in [0.25, 0.3) is 5.69 Å². The summed E-state index contributed by atoms with van der Waals surface area (Å²) in [5.74, 6) is 0.285. The molecule has 0 bridgehead atoms. The number of likely N-dealkylation sites (tertiary alicyclic amines) is 2. The first-order chi connectivity index (χ1) is 12.9. The van der Waals surface area contributed by atoms with Crippen molar-refractivity contribution in [1.29, 1.82) is 0 Å². The highest BCUT2D eigenvalue weighted by Gasteiger charge is 2.45. The van der Waals surface area contributed by atoms with Crippen LogP contribution in [-0.4, -0.2) is 57.1 Å². The van der Waals surface area contributed by atoms with Crippen LogP contribution in [0.4, 0.5) is 0 Å². The number of hydrogen-bond acceptors (Lipinski definition) is 3. The van der Waals surface area contributed by atoms with E-state index in [4.69, 9.17) is 0 Å². The van der Waals surface area contributed by atoms with Crippen LogP contribution >= 0.6 is 0 Å². The molecule has 2 aliphatic heterocycles. The largest absolute Gasteiger partial charge is 0.340 e. The Bertz CT molecular complexity index is 893. The van der Waals surface area contributed by atoms with Crippen LogP contribution in [0, 0.1) is 13.8 Å². The number of benzene rings is 1. The van der Waals surface area contributed by atoms with E-state index < -0.39 is 0 Å². The van der Waals surface area contributed by atoms with Gasteiger partial charge in [0.1, 0.15) is 0 Å². The Morgan fingerprint density at radius 3 is 2.44 bits per heavy atom. The van der Waals surface area contributed by atoms with Gasteiger partial charge in [-0.05, 0) is 57.4 Å². The smallest absolute Gasteiger partial charge is 0.253 e. The molecule has 0 atom stereocenters. The number of hydrogen-bond donors (Lipinski definition) is 0. The summed E-state index contributed by atoms with van der Waals surface area (Å²) in [6.07, 6.45) is 3.27. The Morgan fingerprint density at radius 1 is 1.11 bits per heavy atom. The Kier molecular flexibility index (Phi) is 4.29. The summed E-state index contributed by atoms with van der Waals surface area (Å²) in [6.45, 7) is 5.37. The Hall–Kier alpha value is -2.63. The Labute approximate surface area is 159 Å². The molecule has 27 heavy (non-hydrogen) atoms. The maximum atomic E-state index is 13.0. The molecule has 0 unspecified atom stereocenters. The molecule has 1 aromatic carbocycles. The first kappa shape index (κ1) is 17.8. The van der Waals surface area contributed by atoms with E-state index in [0.29, 0.717) is 25.1 Å². The van der Waals surface area contributed by atoms with Gasteiger partial charge in [-0.3, -0.25) is 9.59 Å². The van der Waals surface area contributed by atoms with Crippen molar-refractivity contribution in [1.82, 2.24) is 19.6 Å². The molecule has 0 aliphatic carbocycles. The molecule has 0 N–H and O–H groups in total. The molecule has 1 aromatic heterocycles. The van der Waals surface area contributed by atoms with Crippen LogP contribution in [-0.2, 0) is 4.79 Å². The minimum absolute atomic E-state index is 0.0423. The zero-order chi connectivity index (χ0) is 19.2. The van der Waals surface area contributed by atoms with Crippen molar-refractivity contribution in [2.24, 2.45) is 0 Å². The standard InChI is InChI=1S/C21H26N4O2/c1-15-13-16(2)25(22-15)18-6-4-5-17(14-18)20(27)24-11-9-21(10-12-24)8-7-19(26)23(21)3/h4-6,13-14H,7-12H2,1-3H3. The number of aryl methyl sites for hydroxylation is 2. The summed E-state index contributed by atoms with van der Waals surface area (Å²) in [6, 6.07) is 9.69. The van der Waals surface area contributed by atoms with Crippen molar-refractivity contribution in [3.63, 3.8) is 0 Å². The fourth-order valence-electron chi connectivity index (χ4n) is 4.49. The van der Waals surface area contributed by atoms with Gasteiger partial charge in [0, 0.05) is 43.4 Å². The second kappa shape index (κ2) is 6.51. The predicted molar refractivity (Wildman–Crippen MR) is 103 cm³/mol. The van der Waals surface area contributed by atoms with Gasteiger partial charge in [0.15, 0.2) is 0 Å². The predicted octanol–water partition coefficient (Wildman–Crippen LogP) is 2.72. The number of piperidine rings is 1. The van der Waals surface area contributed by atoms with Crippen LogP contribution in [0.2, 0.25) is 0 Å². The molecule has 142 valence electrons. The highest BCUT2D eigenvalue weighted by atomic mass is 16.2. The molecule has 2 amide bonds. The zero-order valence-electron chi connectivity index (χ0n) is 16.2. The van der Waals surface area contributed by atoms with Crippen LogP contribution in [0.1, 0.15) is 47.4 Å². The van der Waals surface area contributed by atoms with Gasteiger partial charge in [-0.1, -0.05) is 6.07 Å². The first-order valence-corrected chi connectivity index (χ1v) is 9.59.